The van der Waals surface area contributed by atoms with Crippen LogP contribution >= 0.6 is 0 Å². The first-order valence-electron chi connectivity index (χ1n) is 8.08. The van der Waals surface area contributed by atoms with Gasteiger partial charge in [0.1, 0.15) is 0 Å². The minimum Gasteiger partial charge on any atom is -0.324 e. The van der Waals surface area contributed by atoms with E-state index < -0.39 is 0 Å². The number of nitrogens with zero attached hydrogens (tertiary/aromatic N) is 2. The Morgan fingerprint density at radius 1 is 1.19 bits per heavy atom. The highest BCUT2D eigenvalue weighted by Gasteiger charge is 2.19. The largest absolute Gasteiger partial charge is 0.324 e. The maximum atomic E-state index is 6.38. The van der Waals surface area contributed by atoms with Gasteiger partial charge in [0.2, 0.25) is 0 Å². The van der Waals surface area contributed by atoms with Crippen molar-refractivity contribution in [1.82, 2.24) is 9.78 Å². The topological polar surface area (TPSA) is 43.8 Å². The molecule has 0 saturated heterocycles. The quantitative estimate of drug-likeness (QED) is 0.905. The number of hydrogen-bond acceptors (Lipinski definition) is 2. The molecule has 3 nitrogen and oxygen atoms in total. The lowest BCUT2D eigenvalue weighted by atomic mass is 9.92. The summed E-state index contributed by atoms with van der Waals surface area (Å²) in [5, 5.41) is 4.77. The van der Waals surface area contributed by atoms with Gasteiger partial charge in [0, 0.05) is 12.2 Å². The molecule has 1 saturated carbocycles. The molecule has 1 aliphatic carbocycles. The zero-order valence-electron chi connectivity index (χ0n) is 12.8. The van der Waals surface area contributed by atoms with Crippen molar-refractivity contribution in [2.75, 3.05) is 0 Å². The standard InChI is InChI=1S/C18H25N3/c1-14(18(19)15-7-3-2-4-8-15)13-16-11-12-21(20-16)17-9-5-6-10-17/h2-4,7-8,11-12,14,17-18H,5-6,9-10,13,19H2,1H3. The number of benzene rings is 1. The van der Waals surface area contributed by atoms with Crippen LogP contribution in [0, 0.1) is 5.92 Å². The third-order valence-corrected chi connectivity index (χ3v) is 4.69. The Bertz CT molecular complexity index is 555. The summed E-state index contributed by atoms with van der Waals surface area (Å²) in [6.07, 6.45) is 8.33. The van der Waals surface area contributed by atoms with Gasteiger partial charge in [-0.05, 0) is 36.8 Å². The normalized spacial score (nSPS) is 18.8. The molecule has 2 atom stereocenters. The zero-order valence-corrected chi connectivity index (χ0v) is 12.8. The first kappa shape index (κ1) is 14.3. The first-order chi connectivity index (χ1) is 10.2. The van der Waals surface area contributed by atoms with Crippen LogP contribution in [0.5, 0.6) is 0 Å². The molecule has 1 aliphatic rings. The molecule has 0 aliphatic heterocycles. The van der Waals surface area contributed by atoms with Gasteiger partial charge in [-0.15, -0.1) is 0 Å². The fraction of sp³-hybridized carbons (Fsp3) is 0.500. The van der Waals surface area contributed by atoms with Gasteiger partial charge in [-0.3, -0.25) is 4.68 Å². The van der Waals surface area contributed by atoms with Crippen molar-refractivity contribution in [2.24, 2.45) is 11.7 Å². The van der Waals surface area contributed by atoms with Gasteiger partial charge in [0.15, 0.2) is 0 Å². The van der Waals surface area contributed by atoms with Crippen LogP contribution in [-0.4, -0.2) is 9.78 Å². The van der Waals surface area contributed by atoms with Gasteiger partial charge in [-0.1, -0.05) is 50.1 Å². The third kappa shape index (κ3) is 3.35. The van der Waals surface area contributed by atoms with Crippen LogP contribution in [0.15, 0.2) is 42.6 Å². The van der Waals surface area contributed by atoms with Crippen molar-refractivity contribution >= 4 is 0 Å². The summed E-state index contributed by atoms with van der Waals surface area (Å²) >= 11 is 0. The summed E-state index contributed by atoms with van der Waals surface area (Å²) in [4.78, 5) is 0. The van der Waals surface area contributed by atoms with Gasteiger partial charge < -0.3 is 5.73 Å². The Kier molecular flexibility index (Phi) is 4.39. The first-order valence-corrected chi connectivity index (χ1v) is 8.08. The summed E-state index contributed by atoms with van der Waals surface area (Å²) in [5.41, 5.74) is 8.76. The van der Waals surface area contributed by atoms with Crippen LogP contribution in [0.3, 0.4) is 0 Å². The Morgan fingerprint density at radius 3 is 2.62 bits per heavy atom. The molecule has 0 spiro atoms. The lowest BCUT2D eigenvalue weighted by Gasteiger charge is -2.19. The highest BCUT2D eigenvalue weighted by molar-refractivity contribution is 5.19. The fourth-order valence-electron chi connectivity index (χ4n) is 3.32. The molecule has 112 valence electrons. The molecule has 0 amide bonds. The minimum atomic E-state index is 0.0721. The lowest BCUT2D eigenvalue weighted by molar-refractivity contribution is 0.439. The predicted octanol–water partition coefficient (Wildman–Crippen LogP) is 3.88. The van der Waals surface area contributed by atoms with Crippen LogP contribution in [0.4, 0.5) is 0 Å². The van der Waals surface area contributed by atoms with E-state index in [2.05, 4.69) is 48.1 Å². The van der Waals surface area contributed by atoms with Crippen molar-refractivity contribution in [3.05, 3.63) is 53.9 Å². The monoisotopic (exact) mass is 283 g/mol. The van der Waals surface area contributed by atoms with Crippen molar-refractivity contribution < 1.29 is 0 Å². The second kappa shape index (κ2) is 6.44. The van der Waals surface area contributed by atoms with Gasteiger partial charge in [-0.25, -0.2) is 0 Å². The molecule has 1 heterocycles. The van der Waals surface area contributed by atoms with E-state index in [0.29, 0.717) is 12.0 Å². The third-order valence-electron chi connectivity index (χ3n) is 4.69. The van der Waals surface area contributed by atoms with Crippen molar-refractivity contribution in [3.63, 3.8) is 0 Å². The zero-order chi connectivity index (χ0) is 14.7. The second-order valence-corrected chi connectivity index (χ2v) is 6.34. The van der Waals surface area contributed by atoms with E-state index in [4.69, 9.17) is 10.8 Å². The Hall–Kier alpha value is -1.61. The average Bonchev–Trinajstić information content (AvgIpc) is 3.18. The molecule has 3 heteroatoms. The molecule has 1 fully saturated rings. The van der Waals surface area contributed by atoms with E-state index >= 15 is 0 Å². The minimum absolute atomic E-state index is 0.0721. The molecule has 3 rings (SSSR count). The van der Waals surface area contributed by atoms with Crippen LogP contribution in [-0.2, 0) is 6.42 Å². The Labute approximate surface area is 127 Å². The van der Waals surface area contributed by atoms with Crippen LogP contribution in [0.2, 0.25) is 0 Å². The van der Waals surface area contributed by atoms with E-state index in [-0.39, 0.29) is 6.04 Å². The SMILES string of the molecule is CC(Cc1ccn(C2CCCC2)n1)C(N)c1ccccc1. The molecular formula is C18H25N3. The van der Waals surface area contributed by atoms with E-state index in [9.17, 15) is 0 Å². The van der Waals surface area contributed by atoms with Gasteiger partial charge in [0.25, 0.3) is 0 Å². The Balaban J connectivity index is 1.63. The molecule has 1 aromatic heterocycles. The smallest absolute Gasteiger partial charge is 0.0628 e. The fourth-order valence-corrected chi connectivity index (χ4v) is 3.32. The van der Waals surface area contributed by atoms with Gasteiger partial charge in [0.05, 0.1) is 11.7 Å². The molecule has 0 bridgehead atoms. The summed E-state index contributed by atoms with van der Waals surface area (Å²) < 4.78 is 2.17. The van der Waals surface area contributed by atoms with Gasteiger partial charge >= 0.3 is 0 Å². The summed E-state index contributed by atoms with van der Waals surface area (Å²) in [6, 6.07) is 13.2. The number of hydrogen-bond donors (Lipinski definition) is 1. The predicted molar refractivity (Wildman–Crippen MR) is 86.0 cm³/mol. The van der Waals surface area contributed by atoms with E-state index in [1.165, 1.54) is 36.9 Å². The molecule has 2 unspecified atom stereocenters. The highest BCUT2D eigenvalue weighted by Crippen LogP contribution is 2.29. The maximum absolute atomic E-state index is 6.38. The molecule has 0 radical (unpaired) electrons. The Morgan fingerprint density at radius 2 is 1.90 bits per heavy atom. The second-order valence-electron chi connectivity index (χ2n) is 6.34. The van der Waals surface area contributed by atoms with Crippen LogP contribution < -0.4 is 5.73 Å². The van der Waals surface area contributed by atoms with Crippen LogP contribution in [0.25, 0.3) is 0 Å². The van der Waals surface area contributed by atoms with Crippen molar-refractivity contribution in [1.29, 1.82) is 0 Å². The van der Waals surface area contributed by atoms with E-state index in [1.807, 2.05) is 6.07 Å². The number of nitrogens with two attached hydrogens (primary N) is 1. The molecule has 21 heavy (non-hydrogen) atoms. The molecular weight excluding hydrogens is 258 g/mol. The molecule has 2 N–H and O–H groups in total. The average molecular weight is 283 g/mol. The van der Waals surface area contributed by atoms with Crippen LogP contribution in [0.1, 0.15) is 55.9 Å². The summed E-state index contributed by atoms with van der Waals surface area (Å²) in [5.74, 6) is 0.388. The van der Waals surface area contributed by atoms with Crippen molar-refractivity contribution in [3.8, 4) is 0 Å². The van der Waals surface area contributed by atoms with E-state index in [0.717, 1.165) is 6.42 Å². The van der Waals surface area contributed by atoms with E-state index in [1.54, 1.807) is 0 Å². The molecule has 2 aromatic rings. The summed E-state index contributed by atoms with van der Waals surface area (Å²) in [6.45, 7) is 2.21. The number of rotatable bonds is 5. The highest BCUT2D eigenvalue weighted by atomic mass is 15.3. The van der Waals surface area contributed by atoms with Crippen molar-refractivity contribution in [2.45, 2.75) is 51.1 Å². The summed E-state index contributed by atoms with van der Waals surface area (Å²) in [7, 11) is 0. The molecule has 1 aromatic carbocycles. The lowest BCUT2D eigenvalue weighted by Crippen LogP contribution is -2.21. The maximum Gasteiger partial charge on any atom is 0.0628 e. The van der Waals surface area contributed by atoms with Gasteiger partial charge in [-0.2, -0.15) is 5.10 Å². The number of aromatic nitrogens is 2.